The summed E-state index contributed by atoms with van der Waals surface area (Å²) in [5.74, 6) is -0.153. The molecule has 1 amide bonds. The molecule has 0 aliphatic rings. The standard InChI is InChI=1S/C20H26ClN3O3S/c1-15(2)24(4)28(26,27)18-11-9-17(10-12-18)22-20(25)14-23(3)13-16-7-5-6-8-19(16)21/h5-12,15H,13-14H2,1-4H3,(H,22,25)/p+1. The molecule has 0 saturated heterocycles. The number of halogens is 1. The van der Waals surface area contributed by atoms with Crippen LogP contribution in [0.15, 0.2) is 53.4 Å². The third-order valence-electron chi connectivity index (χ3n) is 4.45. The summed E-state index contributed by atoms with van der Waals surface area (Å²) in [6.07, 6.45) is 0. The van der Waals surface area contributed by atoms with E-state index in [4.69, 9.17) is 11.6 Å². The molecule has 28 heavy (non-hydrogen) atoms. The van der Waals surface area contributed by atoms with Crippen LogP contribution >= 0.6 is 11.6 Å². The van der Waals surface area contributed by atoms with Gasteiger partial charge in [0.2, 0.25) is 10.0 Å². The van der Waals surface area contributed by atoms with Crippen molar-refractivity contribution in [2.24, 2.45) is 0 Å². The van der Waals surface area contributed by atoms with E-state index in [1.807, 2.05) is 45.2 Å². The average Bonchev–Trinajstić information content (AvgIpc) is 2.63. The number of likely N-dealkylation sites (N-methyl/N-ethyl adjacent to an activating group) is 1. The normalized spacial score (nSPS) is 13.0. The van der Waals surface area contributed by atoms with Crippen molar-refractivity contribution >= 4 is 33.2 Å². The number of nitrogens with one attached hydrogen (secondary N) is 2. The second-order valence-corrected chi connectivity index (χ2v) is 9.49. The highest BCUT2D eigenvalue weighted by molar-refractivity contribution is 7.89. The number of hydrogen-bond donors (Lipinski definition) is 2. The van der Waals surface area contributed by atoms with E-state index in [0.29, 0.717) is 17.3 Å². The molecule has 0 fully saturated rings. The molecule has 2 aromatic rings. The van der Waals surface area contributed by atoms with Gasteiger partial charge in [-0.05, 0) is 44.2 Å². The maximum absolute atomic E-state index is 12.5. The molecule has 1 unspecified atom stereocenters. The molecule has 0 aromatic heterocycles. The van der Waals surface area contributed by atoms with Crippen LogP contribution in [0.2, 0.25) is 5.02 Å². The number of quaternary nitrogens is 1. The summed E-state index contributed by atoms with van der Waals surface area (Å²) < 4.78 is 26.3. The van der Waals surface area contributed by atoms with E-state index in [1.54, 1.807) is 19.2 Å². The lowest BCUT2D eigenvalue weighted by atomic mass is 10.2. The summed E-state index contributed by atoms with van der Waals surface area (Å²) in [5.41, 5.74) is 1.54. The molecule has 1 atom stereocenters. The summed E-state index contributed by atoms with van der Waals surface area (Å²) in [6.45, 7) is 4.52. The van der Waals surface area contributed by atoms with E-state index >= 15 is 0 Å². The topological polar surface area (TPSA) is 70.9 Å². The molecule has 6 nitrogen and oxygen atoms in total. The van der Waals surface area contributed by atoms with Crippen LogP contribution in [0.4, 0.5) is 5.69 Å². The minimum Gasteiger partial charge on any atom is -0.326 e. The number of nitrogens with zero attached hydrogens (tertiary/aromatic N) is 1. The SMILES string of the molecule is CC(C)N(C)S(=O)(=O)c1ccc(NC(=O)C[NH+](C)Cc2ccccc2Cl)cc1. The Kier molecular flexibility index (Phi) is 7.60. The van der Waals surface area contributed by atoms with Crippen molar-refractivity contribution in [3.05, 3.63) is 59.1 Å². The van der Waals surface area contributed by atoms with Crippen molar-refractivity contribution in [2.45, 2.75) is 31.3 Å². The Bertz CT molecular complexity index is 915. The first-order valence-corrected chi connectivity index (χ1v) is 10.9. The van der Waals surface area contributed by atoms with Gasteiger partial charge in [-0.25, -0.2) is 8.42 Å². The van der Waals surface area contributed by atoms with Gasteiger partial charge in [-0.1, -0.05) is 29.8 Å². The lowest BCUT2D eigenvalue weighted by Crippen LogP contribution is -3.08. The predicted molar refractivity (Wildman–Crippen MR) is 112 cm³/mol. The number of sulfonamides is 1. The monoisotopic (exact) mass is 424 g/mol. The highest BCUT2D eigenvalue weighted by Crippen LogP contribution is 2.19. The highest BCUT2D eigenvalue weighted by atomic mass is 35.5. The zero-order valence-corrected chi connectivity index (χ0v) is 18.1. The number of anilines is 1. The average molecular weight is 425 g/mol. The largest absolute Gasteiger partial charge is 0.326 e. The number of carbonyl (C=O) groups is 1. The first-order valence-electron chi connectivity index (χ1n) is 9.04. The molecule has 0 heterocycles. The third kappa shape index (κ3) is 5.78. The molecule has 2 N–H and O–H groups in total. The van der Waals surface area contributed by atoms with Crippen LogP contribution < -0.4 is 10.2 Å². The number of rotatable bonds is 8. The maximum atomic E-state index is 12.5. The van der Waals surface area contributed by atoms with E-state index < -0.39 is 10.0 Å². The van der Waals surface area contributed by atoms with Gasteiger partial charge in [-0.2, -0.15) is 4.31 Å². The van der Waals surface area contributed by atoms with Gasteiger partial charge in [0.1, 0.15) is 6.54 Å². The lowest BCUT2D eigenvalue weighted by molar-refractivity contribution is -0.885. The van der Waals surface area contributed by atoms with Gasteiger partial charge >= 0.3 is 0 Å². The van der Waals surface area contributed by atoms with E-state index in [9.17, 15) is 13.2 Å². The molecule has 8 heteroatoms. The van der Waals surface area contributed by atoms with Crippen LogP contribution in [0.25, 0.3) is 0 Å². The highest BCUT2D eigenvalue weighted by Gasteiger charge is 2.23. The fraction of sp³-hybridized carbons (Fsp3) is 0.350. The number of amides is 1. The lowest BCUT2D eigenvalue weighted by Gasteiger charge is -2.21. The zero-order chi connectivity index (χ0) is 20.9. The molecule has 0 saturated carbocycles. The number of benzene rings is 2. The van der Waals surface area contributed by atoms with Gasteiger partial charge in [-0.15, -0.1) is 0 Å². The van der Waals surface area contributed by atoms with Crippen LogP contribution in [0, 0.1) is 0 Å². The Labute approximate surface area is 172 Å². The molecule has 0 bridgehead atoms. The van der Waals surface area contributed by atoms with Gasteiger partial charge in [0.15, 0.2) is 6.54 Å². The zero-order valence-electron chi connectivity index (χ0n) is 16.6. The van der Waals surface area contributed by atoms with Gasteiger partial charge < -0.3 is 10.2 Å². The van der Waals surface area contributed by atoms with Crippen LogP contribution in [0.1, 0.15) is 19.4 Å². The summed E-state index contributed by atoms with van der Waals surface area (Å²) in [4.78, 5) is 13.5. The molecule has 0 radical (unpaired) electrons. The van der Waals surface area contributed by atoms with E-state index in [0.717, 1.165) is 10.5 Å². The molecule has 152 valence electrons. The summed E-state index contributed by atoms with van der Waals surface area (Å²) >= 11 is 6.16. The van der Waals surface area contributed by atoms with Crippen LogP contribution in [-0.4, -0.2) is 45.3 Å². The Hall–Kier alpha value is -1.93. The van der Waals surface area contributed by atoms with Gasteiger partial charge in [0.25, 0.3) is 5.91 Å². The smallest absolute Gasteiger partial charge is 0.279 e. The second-order valence-electron chi connectivity index (χ2n) is 7.09. The third-order valence-corrected chi connectivity index (χ3v) is 6.87. The van der Waals surface area contributed by atoms with E-state index in [1.165, 1.54) is 16.4 Å². The minimum atomic E-state index is -3.54. The van der Waals surface area contributed by atoms with Crippen LogP contribution in [0.3, 0.4) is 0 Å². The van der Waals surface area contributed by atoms with Gasteiger partial charge in [0.05, 0.1) is 11.9 Å². The quantitative estimate of drug-likeness (QED) is 0.681. The number of carbonyl (C=O) groups excluding carboxylic acids is 1. The van der Waals surface area contributed by atoms with Crippen molar-refractivity contribution in [1.82, 2.24) is 4.31 Å². The predicted octanol–water partition coefficient (Wildman–Crippen LogP) is 2.02. The van der Waals surface area contributed by atoms with Crippen molar-refractivity contribution < 1.29 is 18.1 Å². The summed E-state index contributed by atoms with van der Waals surface area (Å²) in [7, 11) is -0.0712. The first kappa shape index (κ1) is 22.4. The first-order chi connectivity index (χ1) is 13.1. The van der Waals surface area contributed by atoms with Gasteiger partial charge in [-0.3, -0.25) is 4.79 Å². The van der Waals surface area contributed by atoms with Crippen molar-refractivity contribution in [2.75, 3.05) is 26.0 Å². The Morgan fingerprint density at radius 2 is 1.75 bits per heavy atom. The maximum Gasteiger partial charge on any atom is 0.279 e. The van der Waals surface area contributed by atoms with Crippen molar-refractivity contribution in [3.8, 4) is 0 Å². The fourth-order valence-corrected chi connectivity index (χ4v) is 4.23. The molecule has 0 aliphatic heterocycles. The van der Waals surface area contributed by atoms with E-state index in [2.05, 4.69) is 5.32 Å². The molecule has 0 aliphatic carbocycles. The molecule has 2 aromatic carbocycles. The van der Waals surface area contributed by atoms with Crippen LogP contribution in [-0.2, 0) is 21.4 Å². The Morgan fingerprint density at radius 3 is 2.32 bits per heavy atom. The number of hydrogen-bond acceptors (Lipinski definition) is 3. The molecule has 0 spiro atoms. The fourth-order valence-electron chi connectivity index (χ4n) is 2.66. The Morgan fingerprint density at radius 1 is 1.14 bits per heavy atom. The second kappa shape index (κ2) is 9.52. The van der Waals surface area contributed by atoms with E-state index in [-0.39, 0.29) is 23.4 Å². The molecule has 2 rings (SSSR count). The Balaban J connectivity index is 1.96. The molecular formula is C20H27ClN3O3S+. The summed E-state index contributed by atoms with van der Waals surface area (Å²) in [6, 6.07) is 13.6. The van der Waals surface area contributed by atoms with Crippen molar-refractivity contribution in [3.63, 3.8) is 0 Å². The summed E-state index contributed by atoms with van der Waals surface area (Å²) in [5, 5.41) is 3.49. The van der Waals surface area contributed by atoms with Gasteiger partial charge in [0, 0.05) is 29.4 Å². The van der Waals surface area contributed by atoms with Crippen molar-refractivity contribution in [1.29, 1.82) is 0 Å². The minimum absolute atomic E-state index is 0.138. The van der Waals surface area contributed by atoms with Crippen LogP contribution in [0.5, 0.6) is 0 Å². The molecular weight excluding hydrogens is 398 g/mol.